The van der Waals surface area contributed by atoms with Crippen molar-refractivity contribution in [3.63, 3.8) is 0 Å². The molecular weight excluding hydrogens is 402 g/mol. The minimum atomic E-state index is -0.0556. The van der Waals surface area contributed by atoms with Gasteiger partial charge in [-0.25, -0.2) is 15.0 Å². The van der Waals surface area contributed by atoms with Gasteiger partial charge >= 0.3 is 0 Å². The van der Waals surface area contributed by atoms with Gasteiger partial charge in [-0.15, -0.1) is 11.3 Å². The Kier molecular flexibility index (Phi) is 6.10. The molecule has 1 fully saturated rings. The van der Waals surface area contributed by atoms with E-state index >= 15 is 0 Å². The summed E-state index contributed by atoms with van der Waals surface area (Å²) >= 11 is 1.46. The highest BCUT2D eigenvalue weighted by Crippen LogP contribution is 2.28. The van der Waals surface area contributed by atoms with Crippen molar-refractivity contribution in [1.82, 2.24) is 15.0 Å². The number of rotatable bonds is 7. The minimum absolute atomic E-state index is 0.0556. The predicted octanol–water partition coefficient (Wildman–Crippen LogP) is 3.21. The van der Waals surface area contributed by atoms with Crippen LogP contribution in [-0.4, -0.2) is 47.0 Å². The Balaban J connectivity index is 1.55. The van der Waals surface area contributed by atoms with Gasteiger partial charge in [-0.2, -0.15) is 0 Å². The zero-order chi connectivity index (χ0) is 21.1. The quantitative estimate of drug-likeness (QED) is 0.553. The van der Waals surface area contributed by atoms with E-state index in [0.29, 0.717) is 34.4 Å². The van der Waals surface area contributed by atoms with Crippen molar-refractivity contribution in [3.8, 4) is 11.6 Å². The molecule has 8 nitrogen and oxygen atoms in total. The molecule has 3 N–H and O–H groups in total. The molecule has 2 atom stereocenters. The van der Waals surface area contributed by atoms with Crippen LogP contribution < -0.4 is 20.5 Å². The van der Waals surface area contributed by atoms with Gasteiger partial charge in [-0.05, 0) is 25.0 Å². The summed E-state index contributed by atoms with van der Waals surface area (Å²) in [4.78, 5) is 26.4. The van der Waals surface area contributed by atoms with E-state index in [-0.39, 0.29) is 24.3 Å². The number of pyridine rings is 1. The lowest BCUT2D eigenvalue weighted by Gasteiger charge is -2.29. The van der Waals surface area contributed by atoms with Crippen LogP contribution in [0.2, 0.25) is 0 Å². The maximum absolute atomic E-state index is 13.0. The van der Waals surface area contributed by atoms with E-state index in [1.54, 1.807) is 25.4 Å². The summed E-state index contributed by atoms with van der Waals surface area (Å²) in [5.41, 5.74) is 8.07. The fourth-order valence-electron chi connectivity index (χ4n) is 3.73. The first kappa shape index (κ1) is 20.5. The second-order valence-corrected chi connectivity index (χ2v) is 8.28. The molecule has 3 heterocycles. The molecule has 0 saturated heterocycles. The molecule has 158 valence electrons. The normalized spacial score (nSPS) is 18.9. The summed E-state index contributed by atoms with van der Waals surface area (Å²) < 4.78 is 11.3. The van der Waals surface area contributed by atoms with E-state index in [1.165, 1.54) is 18.4 Å². The average Bonchev–Trinajstić information content (AvgIpc) is 3.18. The number of carbonyl (C=O) groups excluding carboxylic acids is 1. The summed E-state index contributed by atoms with van der Waals surface area (Å²) in [5, 5.41) is 5.19. The second-order valence-electron chi connectivity index (χ2n) is 7.37. The van der Waals surface area contributed by atoms with Gasteiger partial charge in [0, 0.05) is 17.5 Å². The number of hydrogen-bond donors (Lipinski definition) is 2. The largest absolute Gasteiger partial charge is 0.491 e. The van der Waals surface area contributed by atoms with Crippen molar-refractivity contribution in [3.05, 3.63) is 35.0 Å². The van der Waals surface area contributed by atoms with Crippen molar-refractivity contribution in [1.29, 1.82) is 0 Å². The summed E-state index contributed by atoms with van der Waals surface area (Å²) in [7, 11) is 3.07. The first-order valence-corrected chi connectivity index (χ1v) is 10.8. The SMILES string of the molecule is COc1ccc(CC(=O)c2csc3cnc(N[C@@H]4CCCC[C@@H]4N)nc23)nc1OC. The number of fused-ring (bicyclic) bond motifs is 1. The third kappa shape index (κ3) is 4.22. The van der Waals surface area contributed by atoms with Crippen molar-refractivity contribution >= 4 is 33.3 Å². The van der Waals surface area contributed by atoms with Crippen molar-refractivity contribution in [2.24, 2.45) is 5.73 Å². The lowest BCUT2D eigenvalue weighted by molar-refractivity contribution is 0.0993. The molecule has 3 aromatic rings. The van der Waals surface area contributed by atoms with Crippen LogP contribution in [0, 0.1) is 0 Å². The van der Waals surface area contributed by atoms with Crippen molar-refractivity contribution in [2.45, 2.75) is 44.2 Å². The number of nitrogens with zero attached hydrogens (tertiary/aromatic N) is 3. The Morgan fingerprint density at radius 2 is 2.07 bits per heavy atom. The molecule has 30 heavy (non-hydrogen) atoms. The Bertz CT molecular complexity index is 1050. The van der Waals surface area contributed by atoms with Gasteiger partial charge in [0.2, 0.25) is 5.95 Å². The van der Waals surface area contributed by atoms with Crippen molar-refractivity contribution < 1.29 is 14.3 Å². The first-order chi connectivity index (χ1) is 14.6. The van der Waals surface area contributed by atoms with E-state index in [4.69, 9.17) is 15.2 Å². The highest BCUT2D eigenvalue weighted by atomic mass is 32.1. The topological polar surface area (TPSA) is 112 Å². The number of ketones is 1. The lowest BCUT2D eigenvalue weighted by Crippen LogP contribution is -2.42. The number of nitrogens with one attached hydrogen (secondary N) is 1. The number of ether oxygens (including phenoxy) is 2. The zero-order valence-corrected chi connectivity index (χ0v) is 17.9. The number of Topliss-reactive ketones (excluding diaryl/α,β-unsaturated/α-hetero) is 1. The number of carbonyl (C=O) groups is 1. The molecule has 1 saturated carbocycles. The number of aromatic nitrogens is 3. The molecule has 3 aromatic heterocycles. The van der Waals surface area contributed by atoms with Gasteiger partial charge in [0.15, 0.2) is 11.5 Å². The number of methoxy groups -OCH3 is 2. The third-order valence-corrected chi connectivity index (χ3v) is 6.29. The summed E-state index contributed by atoms with van der Waals surface area (Å²) in [6.45, 7) is 0. The van der Waals surface area contributed by atoms with Gasteiger partial charge in [-0.1, -0.05) is 12.8 Å². The summed E-state index contributed by atoms with van der Waals surface area (Å²) in [6, 6.07) is 3.76. The molecule has 0 radical (unpaired) electrons. The van der Waals surface area contributed by atoms with Crippen LogP contribution in [-0.2, 0) is 6.42 Å². The van der Waals surface area contributed by atoms with Crippen LogP contribution in [0.4, 0.5) is 5.95 Å². The molecule has 1 aliphatic rings. The summed E-state index contributed by atoms with van der Waals surface area (Å²) in [5.74, 6) is 1.34. The Labute approximate surface area is 178 Å². The smallest absolute Gasteiger partial charge is 0.256 e. The Hall–Kier alpha value is -2.78. The minimum Gasteiger partial charge on any atom is -0.491 e. The lowest BCUT2D eigenvalue weighted by atomic mass is 9.91. The zero-order valence-electron chi connectivity index (χ0n) is 17.1. The van der Waals surface area contributed by atoms with Gasteiger partial charge in [0.05, 0.1) is 48.3 Å². The monoisotopic (exact) mass is 427 g/mol. The van der Waals surface area contributed by atoms with E-state index in [1.807, 2.05) is 5.38 Å². The maximum Gasteiger partial charge on any atom is 0.256 e. The second kappa shape index (κ2) is 8.93. The van der Waals surface area contributed by atoms with Gasteiger partial charge in [-0.3, -0.25) is 4.79 Å². The number of thiophene rings is 1. The summed E-state index contributed by atoms with van der Waals surface area (Å²) in [6.07, 6.45) is 6.21. The van der Waals surface area contributed by atoms with E-state index < -0.39 is 0 Å². The number of nitrogens with two attached hydrogens (primary N) is 1. The standard InChI is InChI=1S/C21H25N5O3S/c1-28-17-8-7-12(24-20(17)29-2)9-16(27)13-11-30-18-10-23-21(26-19(13)18)25-15-6-4-3-5-14(15)22/h7-8,10-11,14-15H,3-6,9,22H2,1-2H3,(H,23,25,26)/t14-,15+/m0/s1. The van der Waals surface area contributed by atoms with Gasteiger partial charge < -0.3 is 20.5 Å². The Morgan fingerprint density at radius 1 is 1.23 bits per heavy atom. The molecule has 0 aliphatic heterocycles. The van der Waals surface area contributed by atoms with E-state index in [0.717, 1.165) is 30.4 Å². The molecule has 4 rings (SSSR count). The first-order valence-electron chi connectivity index (χ1n) is 9.96. The molecule has 0 spiro atoms. The third-order valence-electron chi connectivity index (χ3n) is 5.39. The molecule has 0 aromatic carbocycles. The van der Waals surface area contributed by atoms with Crippen LogP contribution >= 0.6 is 11.3 Å². The highest BCUT2D eigenvalue weighted by Gasteiger charge is 2.23. The maximum atomic E-state index is 13.0. The average molecular weight is 428 g/mol. The Morgan fingerprint density at radius 3 is 2.83 bits per heavy atom. The predicted molar refractivity (Wildman–Crippen MR) is 117 cm³/mol. The van der Waals surface area contributed by atoms with Crippen LogP contribution in [0.3, 0.4) is 0 Å². The molecule has 0 unspecified atom stereocenters. The number of hydrogen-bond acceptors (Lipinski definition) is 9. The van der Waals surface area contributed by atoms with Crippen LogP contribution in [0.25, 0.3) is 10.2 Å². The van der Waals surface area contributed by atoms with Crippen LogP contribution in [0.5, 0.6) is 11.6 Å². The van der Waals surface area contributed by atoms with E-state index in [9.17, 15) is 4.79 Å². The van der Waals surface area contributed by atoms with E-state index in [2.05, 4.69) is 20.3 Å². The number of anilines is 1. The molecule has 1 aliphatic carbocycles. The van der Waals surface area contributed by atoms with Gasteiger partial charge in [0.25, 0.3) is 5.88 Å². The fourth-order valence-corrected chi connectivity index (χ4v) is 4.59. The molecular formula is C21H25N5O3S. The van der Waals surface area contributed by atoms with Crippen LogP contribution in [0.15, 0.2) is 23.7 Å². The highest BCUT2D eigenvalue weighted by molar-refractivity contribution is 7.17. The fraction of sp³-hybridized carbons (Fsp3) is 0.429. The molecule has 9 heteroatoms. The molecule has 0 bridgehead atoms. The van der Waals surface area contributed by atoms with Crippen molar-refractivity contribution in [2.75, 3.05) is 19.5 Å². The van der Waals surface area contributed by atoms with Gasteiger partial charge in [0.1, 0.15) is 0 Å². The van der Waals surface area contributed by atoms with Crippen LogP contribution in [0.1, 0.15) is 41.7 Å². The molecule has 0 amide bonds.